The van der Waals surface area contributed by atoms with E-state index in [0.29, 0.717) is 31.2 Å². The number of aryl methyl sites for hydroxylation is 1. The molecule has 5 heteroatoms. The lowest BCUT2D eigenvalue weighted by Gasteiger charge is -1.94. The summed E-state index contributed by atoms with van der Waals surface area (Å²) in [6.07, 6.45) is 3.64. The first-order valence-electron chi connectivity index (χ1n) is 3.70. The summed E-state index contributed by atoms with van der Waals surface area (Å²) in [5, 5.41) is 2.54. The molecule has 0 unspecified atom stereocenters. The summed E-state index contributed by atoms with van der Waals surface area (Å²) < 4.78 is 5.01. The minimum absolute atomic E-state index is 0.327. The largest absolute Gasteiger partial charge is 0.426 e. The van der Waals surface area contributed by atoms with Crippen LogP contribution >= 0.6 is 0 Å². The molecule has 0 aliphatic carbocycles. The summed E-state index contributed by atoms with van der Waals surface area (Å²) in [4.78, 5) is 13.8. The van der Waals surface area contributed by atoms with Gasteiger partial charge in [0.1, 0.15) is 0 Å². The van der Waals surface area contributed by atoms with Gasteiger partial charge in [-0.3, -0.25) is 4.79 Å². The molecule has 0 aromatic carbocycles. The maximum atomic E-state index is 9.85. The normalized spacial score (nSPS) is 9.67. The van der Waals surface area contributed by atoms with Gasteiger partial charge in [-0.2, -0.15) is 0 Å². The average molecular weight is 169 g/mol. The Morgan fingerprint density at radius 3 is 3.17 bits per heavy atom. The van der Waals surface area contributed by atoms with E-state index in [1.165, 1.54) is 6.20 Å². The Morgan fingerprint density at radius 2 is 2.58 bits per heavy atom. The summed E-state index contributed by atoms with van der Waals surface area (Å²) in [7, 11) is 0. The third-order valence-electron chi connectivity index (χ3n) is 1.37. The fourth-order valence-electron chi connectivity index (χ4n) is 0.841. The molecule has 0 aliphatic rings. The van der Waals surface area contributed by atoms with Crippen LogP contribution in [0.25, 0.3) is 0 Å². The zero-order chi connectivity index (χ0) is 8.81. The highest BCUT2D eigenvalue weighted by Crippen LogP contribution is 2.05. The SMILES string of the molecule is Nc1cnc(CCCNC=O)o1. The molecule has 0 aliphatic heterocycles. The molecule has 0 spiro atoms. The number of carbonyl (C=O) groups excluding carboxylic acids is 1. The third kappa shape index (κ3) is 2.61. The maximum absolute atomic E-state index is 9.85. The van der Waals surface area contributed by atoms with E-state index in [1.807, 2.05) is 0 Å². The average Bonchev–Trinajstić information content (AvgIpc) is 2.45. The van der Waals surface area contributed by atoms with Gasteiger partial charge >= 0.3 is 0 Å². The zero-order valence-electron chi connectivity index (χ0n) is 6.62. The van der Waals surface area contributed by atoms with Gasteiger partial charge in [0, 0.05) is 13.0 Å². The van der Waals surface area contributed by atoms with Crippen LogP contribution in [0.1, 0.15) is 12.3 Å². The Kier molecular flexibility index (Phi) is 3.13. The molecule has 12 heavy (non-hydrogen) atoms. The van der Waals surface area contributed by atoms with Crippen LogP contribution in [0, 0.1) is 0 Å². The van der Waals surface area contributed by atoms with E-state index in [4.69, 9.17) is 10.2 Å². The molecular weight excluding hydrogens is 158 g/mol. The van der Waals surface area contributed by atoms with Crippen molar-refractivity contribution < 1.29 is 9.21 Å². The number of aromatic nitrogens is 1. The van der Waals surface area contributed by atoms with E-state index in [9.17, 15) is 4.79 Å². The monoisotopic (exact) mass is 169 g/mol. The molecule has 0 bridgehead atoms. The molecule has 1 aromatic heterocycles. The molecule has 5 nitrogen and oxygen atoms in total. The van der Waals surface area contributed by atoms with Crippen LogP contribution < -0.4 is 11.1 Å². The van der Waals surface area contributed by atoms with E-state index in [0.717, 1.165) is 6.42 Å². The fraction of sp³-hybridized carbons (Fsp3) is 0.429. The van der Waals surface area contributed by atoms with E-state index in [2.05, 4.69) is 10.3 Å². The number of carbonyl (C=O) groups is 1. The lowest BCUT2D eigenvalue weighted by Crippen LogP contribution is -2.12. The van der Waals surface area contributed by atoms with Crippen molar-refractivity contribution in [1.82, 2.24) is 10.3 Å². The van der Waals surface area contributed by atoms with Gasteiger partial charge < -0.3 is 15.5 Å². The summed E-state index contributed by atoms with van der Waals surface area (Å²) in [6, 6.07) is 0. The van der Waals surface area contributed by atoms with Gasteiger partial charge in [-0.15, -0.1) is 0 Å². The van der Waals surface area contributed by atoms with E-state index < -0.39 is 0 Å². The number of amides is 1. The summed E-state index contributed by atoms with van der Waals surface area (Å²) in [6.45, 7) is 0.631. The molecule has 0 saturated heterocycles. The second-order valence-electron chi connectivity index (χ2n) is 2.33. The summed E-state index contributed by atoms with van der Waals surface area (Å²) in [5.41, 5.74) is 5.31. The highest BCUT2D eigenvalue weighted by Gasteiger charge is 1.99. The number of nitrogen functional groups attached to an aromatic ring is 1. The Balaban J connectivity index is 2.19. The first kappa shape index (κ1) is 8.58. The van der Waals surface area contributed by atoms with Crippen molar-refractivity contribution in [2.45, 2.75) is 12.8 Å². The number of nitrogens with one attached hydrogen (secondary N) is 1. The predicted octanol–water partition coefficient (Wildman–Crippen LogP) is -0.0646. The van der Waals surface area contributed by atoms with Crippen molar-refractivity contribution in [3.63, 3.8) is 0 Å². The zero-order valence-corrected chi connectivity index (χ0v) is 6.62. The van der Waals surface area contributed by atoms with Crippen LogP contribution in [0.3, 0.4) is 0 Å². The summed E-state index contributed by atoms with van der Waals surface area (Å²) in [5.74, 6) is 0.938. The van der Waals surface area contributed by atoms with E-state index in [-0.39, 0.29) is 0 Å². The molecule has 1 heterocycles. The number of hydrogen-bond donors (Lipinski definition) is 2. The molecule has 66 valence electrons. The van der Waals surface area contributed by atoms with Crippen molar-refractivity contribution >= 4 is 12.3 Å². The number of anilines is 1. The smallest absolute Gasteiger partial charge is 0.211 e. The maximum Gasteiger partial charge on any atom is 0.211 e. The highest BCUT2D eigenvalue weighted by molar-refractivity contribution is 5.45. The van der Waals surface area contributed by atoms with Crippen molar-refractivity contribution in [2.24, 2.45) is 0 Å². The molecular formula is C7H11N3O2. The minimum atomic E-state index is 0.327. The van der Waals surface area contributed by atoms with Crippen molar-refractivity contribution in [1.29, 1.82) is 0 Å². The van der Waals surface area contributed by atoms with Crippen LogP contribution in [0.2, 0.25) is 0 Å². The lowest BCUT2D eigenvalue weighted by molar-refractivity contribution is -0.109. The van der Waals surface area contributed by atoms with Crippen LogP contribution in [0.4, 0.5) is 5.88 Å². The number of oxazole rings is 1. The molecule has 0 atom stereocenters. The third-order valence-corrected chi connectivity index (χ3v) is 1.37. The van der Waals surface area contributed by atoms with Crippen LogP contribution in [0.5, 0.6) is 0 Å². The Morgan fingerprint density at radius 1 is 1.75 bits per heavy atom. The molecule has 0 saturated carbocycles. The fourth-order valence-corrected chi connectivity index (χ4v) is 0.841. The Labute approximate surface area is 70.0 Å². The second-order valence-corrected chi connectivity index (χ2v) is 2.33. The molecule has 1 aromatic rings. The molecule has 0 radical (unpaired) electrons. The van der Waals surface area contributed by atoms with Gasteiger partial charge in [-0.1, -0.05) is 0 Å². The Bertz CT molecular complexity index is 247. The van der Waals surface area contributed by atoms with Crippen LogP contribution in [0.15, 0.2) is 10.6 Å². The quantitative estimate of drug-likeness (QED) is 0.477. The highest BCUT2D eigenvalue weighted by atomic mass is 16.4. The molecule has 1 rings (SSSR count). The first-order chi connectivity index (χ1) is 5.83. The summed E-state index contributed by atoms with van der Waals surface area (Å²) >= 11 is 0. The van der Waals surface area contributed by atoms with Gasteiger partial charge in [0.2, 0.25) is 12.3 Å². The van der Waals surface area contributed by atoms with Gasteiger partial charge in [0.05, 0.1) is 6.20 Å². The number of nitrogens with zero attached hydrogens (tertiary/aromatic N) is 1. The molecule has 1 amide bonds. The van der Waals surface area contributed by atoms with Crippen LogP contribution in [-0.4, -0.2) is 17.9 Å². The van der Waals surface area contributed by atoms with Crippen LogP contribution in [-0.2, 0) is 11.2 Å². The minimum Gasteiger partial charge on any atom is -0.426 e. The number of nitrogens with two attached hydrogens (primary N) is 1. The predicted molar refractivity (Wildman–Crippen MR) is 43.3 cm³/mol. The van der Waals surface area contributed by atoms with Gasteiger partial charge in [-0.05, 0) is 6.42 Å². The van der Waals surface area contributed by atoms with Crippen molar-refractivity contribution in [2.75, 3.05) is 12.3 Å². The number of rotatable bonds is 5. The molecule has 0 fully saturated rings. The number of hydrogen-bond acceptors (Lipinski definition) is 4. The molecule has 3 N–H and O–H groups in total. The van der Waals surface area contributed by atoms with E-state index >= 15 is 0 Å². The van der Waals surface area contributed by atoms with Crippen molar-refractivity contribution in [3.8, 4) is 0 Å². The topological polar surface area (TPSA) is 81.1 Å². The standard InChI is InChI=1S/C7H11N3O2/c8-6-4-10-7(12-6)2-1-3-9-5-11/h4-5H,1-3,8H2,(H,9,11). The Hall–Kier alpha value is -1.52. The van der Waals surface area contributed by atoms with Gasteiger partial charge in [-0.25, -0.2) is 4.98 Å². The first-order valence-corrected chi connectivity index (χ1v) is 3.70. The van der Waals surface area contributed by atoms with Gasteiger partial charge in [0.25, 0.3) is 0 Å². The van der Waals surface area contributed by atoms with Gasteiger partial charge in [0.15, 0.2) is 5.89 Å². The van der Waals surface area contributed by atoms with Crippen molar-refractivity contribution in [3.05, 3.63) is 12.1 Å². The van der Waals surface area contributed by atoms with E-state index in [1.54, 1.807) is 0 Å². The lowest BCUT2D eigenvalue weighted by atomic mass is 10.3. The second kappa shape index (κ2) is 4.38.